The molecule has 3 heteroatoms. The van der Waals surface area contributed by atoms with Gasteiger partial charge in [0.2, 0.25) is 0 Å². The lowest BCUT2D eigenvalue weighted by atomic mass is 9.97. The molecule has 0 spiro atoms. The summed E-state index contributed by atoms with van der Waals surface area (Å²) in [4.78, 5) is 8.95. The van der Waals surface area contributed by atoms with E-state index in [1.165, 1.54) is 16.7 Å². The van der Waals surface area contributed by atoms with Crippen molar-refractivity contribution < 1.29 is 0 Å². The van der Waals surface area contributed by atoms with E-state index >= 15 is 0 Å². The van der Waals surface area contributed by atoms with E-state index in [9.17, 15) is 0 Å². The maximum atomic E-state index is 6.13. The van der Waals surface area contributed by atoms with Gasteiger partial charge in [0.15, 0.2) is 0 Å². The van der Waals surface area contributed by atoms with Gasteiger partial charge >= 0.3 is 0 Å². The topological polar surface area (TPSA) is 25.8 Å². The molecule has 2 rings (SSSR count). The fourth-order valence-electron chi connectivity index (χ4n) is 2.41. The van der Waals surface area contributed by atoms with E-state index in [1.807, 2.05) is 6.07 Å². The van der Waals surface area contributed by atoms with Crippen LogP contribution in [0.4, 0.5) is 0 Å². The van der Waals surface area contributed by atoms with Gasteiger partial charge < -0.3 is 0 Å². The molecule has 1 aromatic carbocycles. The summed E-state index contributed by atoms with van der Waals surface area (Å²) in [6, 6.07) is 6.19. The lowest BCUT2D eigenvalue weighted by molar-refractivity contribution is 0.776. The Bertz CT molecular complexity index is 595. The zero-order chi connectivity index (χ0) is 14.2. The van der Waals surface area contributed by atoms with Gasteiger partial charge in [0.25, 0.3) is 0 Å². The molecule has 0 amide bonds. The first-order valence-corrected chi connectivity index (χ1v) is 6.89. The van der Waals surface area contributed by atoms with Gasteiger partial charge in [-0.25, -0.2) is 9.97 Å². The standard InChI is InChI=1S/C16H19ClN2/c1-9(2)16-18-13(8-14(17)19-16)15-11(4)6-10(3)7-12(15)5/h6-9H,1-5H3. The van der Waals surface area contributed by atoms with Crippen LogP contribution in [-0.4, -0.2) is 9.97 Å². The van der Waals surface area contributed by atoms with Crippen molar-refractivity contribution in [2.75, 3.05) is 0 Å². The van der Waals surface area contributed by atoms with Gasteiger partial charge in [-0.3, -0.25) is 0 Å². The molecule has 19 heavy (non-hydrogen) atoms. The van der Waals surface area contributed by atoms with Crippen LogP contribution in [0.3, 0.4) is 0 Å². The Morgan fingerprint density at radius 2 is 1.53 bits per heavy atom. The number of rotatable bonds is 2. The van der Waals surface area contributed by atoms with Gasteiger partial charge in [-0.05, 0) is 31.9 Å². The predicted molar refractivity (Wildman–Crippen MR) is 80.8 cm³/mol. The normalized spacial score (nSPS) is 11.1. The average molecular weight is 275 g/mol. The first-order valence-electron chi connectivity index (χ1n) is 6.51. The molecule has 0 bridgehead atoms. The number of aromatic nitrogens is 2. The zero-order valence-electron chi connectivity index (χ0n) is 12.1. The summed E-state index contributed by atoms with van der Waals surface area (Å²) in [5, 5.41) is 0.507. The van der Waals surface area contributed by atoms with Crippen LogP contribution in [0.25, 0.3) is 11.3 Å². The largest absolute Gasteiger partial charge is 0.232 e. The number of aryl methyl sites for hydroxylation is 3. The van der Waals surface area contributed by atoms with Crippen LogP contribution >= 0.6 is 11.6 Å². The Kier molecular flexibility index (Phi) is 3.91. The van der Waals surface area contributed by atoms with Crippen molar-refractivity contribution in [3.63, 3.8) is 0 Å². The number of halogens is 1. The number of nitrogens with zero attached hydrogens (tertiary/aromatic N) is 2. The van der Waals surface area contributed by atoms with Gasteiger partial charge in [-0.1, -0.05) is 43.1 Å². The molecule has 0 fully saturated rings. The maximum Gasteiger partial charge on any atom is 0.133 e. The Balaban J connectivity index is 2.65. The van der Waals surface area contributed by atoms with Crippen LogP contribution in [0.2, 0.25) is 5.15 Å². The summed E-state index contributed by atoms with van der Waals surface area (Å²) >= 11 is 6.13. The van der Waals surface area contributed by atoms with E-state index in [0.29, 0.717) is 5.15 Å². The van der Waals surface area contributed by atoms with Crippen molar-refractivity contribution in [1.82, 2.24) is 9.97 Å². The maximum absolute atomic E-state index is 6.13. The Labute approximate surface area is 119 Å². The fraction of sp³-hybridized carbons (Fsp3) is 0.375. The third kappa shape index (κ3) is 2.95. The second-order valence-electron chi connectivity index (χ2n) is 5.36. The van der Waals surface area contributed by atoms with Crippen LogP contribution in [0.1, 0.15) is 42.3 Å². The molecule has 0 atom stereocenters. The molecule has 0 saturated carbocycles. The second kappa shape index (κ2) is 5.30. The summed E-state index contributed by atoms with van der Waals surface area (Å²) in [5.74, 6) is 1.06. The molecule has 0 N–H and O–H groups in total. The summed E-state index contributed by atoms with van der Waals surface area (Å²) in [6.45, 7) is 10.5. The van der Waals surface area contributed by atoms with Gasteiger partial charge in [-0.2, -0.15) is 0 Å². The third-order valence-electron chi connectivity index (χ3n) is 3.16. The molecule has 2 aromatic rings. The van der Waals surface area contributed by atoms with E-state index in [1.54, 1.807) is 0 Å². The summed E-state index contributed by atoms with van der Waals surface area (Å²) < 4.78 is 0. The van der Waals surface area contributed by atoms with E-state index in [-0.39, 0.29) is 5.92 Å². The smallest absolute Gasteiger partial charge is 0.133 e. The van der Waals surface area contributed by atoms with Crippen molar-refractivity contribution in [3.05, 3.63) is 45.9 Å². The van der Waals surface area contributed by atoms with Gasteiger partial charge in [-0.15, -0.1) is 0 Å². The van der Waals surface area contributed by atoms with Crippen LogP contribution in [0, 0.1) is 20.8 Å². The Morgan fingerprint density at radius 3 is 2.05 bits per heavy atom. The van der Waals surface area contributed by atoms with Crippen molar-refractivity contribution >= 4 is 11.6 Å². The molecule has 0 unspecified atom stereocenters. The highest BCUT2D eigenvalue weighted by Crippen LogP contribution is 2.29. The fourth-order valence-corrected chi connectivity index (χ4v) is 2.60. The molecular formula is C16H19ClN2. The highest BCUT2D eigenvalue weighted by Gasteiger charge is 2.12. The minimum atomic E-state index is 0.267. The molecule has 0 radical (unpaired) electrons. The molecule has 0 aliphatic heterocycles. The quantitative estimate of drug-likeness (QED) is 0.732. The molecule has 2 nitrogen and oxygen atoms in total. The molecule has 1 heterocycles. The summed E-state index contributed by atoms with van der Waals surface area (Å²) in [5.41, 5.74) is 5.79. The molecule has 1 aromatic heterocycles. The van der Waals surface area contributed by atoms with Crippen molar-refractivity contribution in [2.24, 2.45) is 0 Å². The summed E-state index contributed by atoms with van der Waals surface area (Å²) in [6.07, 6.45) is 0. The SMILES string of the molecule is Cc1cc(C)c(-c2cc(Cl)nc(C(C)C)n2)c(C)c1. The van der Waals surface area contributed by atoms with Crippen molar-refractivity contribution in [2.45, 2.75) is 40.5 Å². The minimum absolute atomic E-state index is 0.267. The molecular weight excluding hydrogens is 256 g/mol. The monoisotopic (exact) mass is 274 g/mol. The third-order valence-corrected chi connectivity index (χ3v) is 3.36. The van der Waals surface area contributed by atoms with Crippen molar-refractivity contribution in [1.29, 1.82) is 0 Å². The number of hydrogen-bond acceptors (Lipinski definition) is 2. The average Bonchev–Trinajstić information content (AvgIpc) is 2.26. The van der Waals surface area contributed by atoms with Crippen molar-refractivity contribution in [3.8, 4) is 11.3 Å². The Morgan fingerprint density at radius 1 is 0.947 bits per heavy atom. The first kappa shape index (κ1) is 14.0. The van der Waals surface area contributed by atoms with E-state index < -0.39 is 0 Å². The van der Waals surface area contributed by atoms with Gasteiger partial charge in [0.1, 0.15) is 11.0 Å². The second-order valence-corrected chi connectivity index (χ2v) is 5.75. The molecule has 0 aliphatic carbocycles. The van der Waals surface area contributed by atoms with Crippen LogP contribution in [0.15, 0.2) is 18.2 Å². The van der Waals surface area contributed by atoms with Gasteiger partial charge in [0, 0.05) is 17.5 Å². The van der Waals surface area contributed by atoms with Crippen LogP contribution < -0.4 is 0 Å². The summed E-state index contributed by atoms with van der Waals surface area (Å²) in [7, 11) is 0. The molecule has 0 aliphatic rings. The lowest BCUT2D eigenvalue weighted by Crippen LogP contribution is -2.01. The highest BCUT2D eigenvalue weighted by molar-refractivity contribution is 6.29. The van der Waals surface area contributed by atoms with Gasteiger partial charge in [0.05, 0.1) is 5.69 Å². The predicted octanol–water partition coefficient (Wildman–Crippen LogP) is 4.85. The van der Waals surface area contributed by atoms with E-state index in [4.69, 9.17) is 11.6 Å². The number of hydrogen-bond donors (Lipinski definition) is 0. The van der Waals surface area contributed by atoms with E-state index in [0.717, 1.165) is 17.1 Å². The highest BCUT2D eigenvalue weighted by atomic mass is 35.5. The van der Waals surface area contributed by atoms with E-state index in [2.05, 4.69) is 56.7 Å². The Hall–Kier alpha value is -1.41. The van der Waals surface area contributed by atoms with Crippen LogP contribution in [0.5, 0.6) is 0 Å². The molecule has 0 saturated heterocycles. The number of benzene rings is 1. The minimum Gasteiger partial charge on any atom is -0.232 e. The van der Waals surface area contributed by atoms with Crippen LogP contribution in [-0.2, 0) is 0 Å². The molecule has 100 valence electrons. The zero-order valence-corrected chi connectivity index (χ0v) is 12.8. The lowest BCUT2D eigenvalue weighted by Gasteiger charge is -2.13. The first-order chi connectivity index (χ1) is 8.88.